The number of hydrogen-bond acceptors (Lipinski definition) is 2. The molecule has 0 bridgehead atoms. The van der Waals surface area contributed by atoms with Crippen molar-refractivity contribution in [2.45, 2.75) is 24.9 Å². The van der Waals surface area contributed by atoms with Crippen LogP contribution in [0.2, 0.25) is 0 Å². The molecule has 2 nitrogen and oxygen atoms in total. The summed E-state index contributed by atoms with van der Waals surface area (Å²) in [6, 6.07) is 10.2. The molecule has 1 aromatic carbocycles. The molecule has 2 heteroatoms. The molecular weight excluding hydrogens is 198 g/mol. The van der Waals surface area contributed by atoms with Gasteiger partial charge in [-0.25, -0.2) is 0 Å². The minimum absolute atomic E-state index is 0.416. The van der Waals surface area contributed by atoms with Gasteiger partial charge >= 0.3 is 0 Å². The van der Waals surface area contributed by atoms with Gasteiger partial charge in [-0.2, -0.15) is 0 Å². The molecule has 0 unspecified atom stereocenters. The van der Waals surface area contributed by atoms with Crippen molar-refractivity contribution in [3.8, 4) is 0 Å². The maximum absolute atomic E-state index is 9.84. The molecule has 1 saturated carbocycles. The van der Waals surface area contributed by atoms with E-state index in [1.54, 1.807) is 0 Å². The summed E-state index contributed by atoms with van der Waals surface area (Å²) in [5.74, 6) is 0. The summed E-state index contributed by atoms with van der Waals surface area (Å²) in [6.07, 6.45) is 7.25. The van der Waals surface area contributed by atoms with Crippen LogP contribution in [0.25, 0.3) is 6.08 Å². The summed E-state index contributed by atoms with van der Waals surface area (Å²) in [5.41, 5.74) is 0.798. The van der Waals surface area contributed by atoms with Gasteiger partial charge in [0.2, 0.25) is 0 Å². The van der Waals surface area contributed by atoms with Gasteiger partial charge in [-0.1, -0.05) is 42.5 Å². The fourth-order valence-corrected chi connectivity index (χ4v) is 1.91. The van der Waals surface area contributed by atoms with E-state index in [-0.39, 0.29) is 0 Å². The number of rotatable bonds is 5. The van der Waals surface area contributed by atoms with Crippen molar-refractivity contribution in [2.75, 3.05) is 13.1 Å². The fraction of sp³-hybridized carbons (Fsp3) is 0.429. The van der Waals surface area contributed by atoms with Gasteiger partial charge in [0.25, 0.3) is 0 Å². The highest BCUT2D eigenvalue weighted by Crippen LogP contribution is 2.30. The van der Waals surface area contributed by atoms with Crippen LogP contribution in [0.4, 0.5) is 0 Å². The van der Waals surface area contributed by atoms with Crippen molar-refractivity contribution in [3.63, 3.8) is 0 Å². The molecule has 2 N–H and O–H groups in total. The smallest absolute Gasteiger partial charge is 0.0771 e. The first-order chi connectivity index (χ1) is 7.79. The van der Waals surface area contributed by atoms with Crippen molar-refractivity contribution < 1.29 is 5.11 Å². The van der Waals surface area contributed by atoms with Crippen LogP contribution in [-0.4, -0.2) is 23.8 Å². The summed E-state index contributed by atoms with van der Waals surface area (Å²) in [4.78, 5) is 0. The normalized spacial score (nSPS) is 18.6. The van der Waals surface area contributed by atoms with Gasteiger partial charge in [0.05, 0.1) is 5.60 Å². The highest BCUT2D eigenvalue weighted by Gasteiger charge is 2.33. The Balaban J connectivity index is 1.66. The number of hydrogen-bond donors (Lipinski definition) is 2. The van der Waals surface area contributed by atoms with Gasteiger partial charge < -0.3 is 10.4 Å². The zero-order valence-electron chi connectivity index (χ0n) is 9.52. The number of nitrogens with one attached hydrogen (secondary N) is 1. The summed E-state index contributed by atoms with van der Waals surface area (Å²) in [7, 11) is 0. The monoisotopic (exact) mass is 217 g/mol. The number of benzene rings is 1. The molecule has 1 aliphatic rings. The van der Waals surface area contributed by atoms with Gasteiger partial charge in [0.1, 0.15) is 0 Å². The Morgan fingerprint density at radius 1 is 1.25 bits per heavy atom. The lowest BCUT2D eigenvalue weighted by Gasteiger charge is -2.36. The SMILES string of the molecule is OC1(CNC/C=C/c2ccccc2)CCC1. The molecule has 1 aromatic rings. The van der Waals surface area contributed by atoms with Crippen molar-refractivity contribution in [3.05, 3.63) is 42.0 Å². The fourth-order valence-electron chi connectivity index (χ4n) is 1.91. The van der Waals surface area contributed by atoms with Crippen molar-refractivity contribution >= 4 is 6.08 Å². The molecule has 0 aromatic heterocycles. The molecule has 2 rings (SSSR count). The minimum Gasteiger partial charge on any atom is -0.389 e. The maximum atomic E-state index is 9.84. The molecule has 1 aliphatic carbocycles. The van der Waals surface area contributed by atoms with Gasteiger partial charge in [0, 0.05) is 13.1 Å². The van der Waals surface area contributed by atoms with E-state index in [2.05, 4.69) is 29.6 Å². The lowest BCUT2D eigenvalue weighted by molar-refractivity contribution is -0.0305. The molecule has 0 radical (unpaired) electrons. The Labute approximate surface area is 97.0 Å². The third kappa shape index (κ3) is 3.19. The summed E-state index contributed by atoms with van der Waals surface area (Å²) >= 11 is 0. The lowest BCUT2D eigenvalue weighted by atomic mass is 9.80. The van der Waals surface area contributed by atoms with E-state index in [4.69, 9.17) is 0 Å². The average Bonchev–Trinajstić information content (AvgIpc) is 2.28. The Kier molecular flexibility index (Phi) is 3.75. The van der Waals surface area contributed by atoms with Crippen LogP contribution in [0.5, 0.6) is 0 Å². The van der Waals surface area contributed by atoms with Crippen LogP contribution in [0.3, 0.4) is 0 Å². The largest absolute Gasteiger partial charge is 0.389 e. The molecular formula is C14H19NO. The topological polar surface area (TPSA) is 32.3 Å². The molecule has 1 fully saturated rings. The van der Waals surface area contributed by atoms with Crippen LogP contribution in [0.1, 0.15) is 24.8 Å². The van der Waals surface area contributed by atoms with Crippen LogP contribution in [-0.2, 0) is 0 Å². The first-order valence-corrected chi connectivity index (χ1v) is 5.93. The van der Waals surface area contributed by atoms with Crippen LogP contribution >= 0.6 is 0 Å². The predicted octanol–water partition coefficient (Wildman–Crippen LogP) is 2.20. The molecule has 86 valence electrons. The zero-order chi connectivity index (χ0) is 11.3. The van der Waals surface area contributed by atoms with Gasteiger partial charge in [-0.3, -0.25) is 0 Å². The molecule has 0 atom stereocenters. The first kappa shape index (κ1) is 11.4. The molecule has 0 amide bonds. The zero-order valence-corrected chi connectivity index (χ0v) is 9.52. The second-order valence-electron chi connectivity index (χ2n) is 4.52. The standard InChI is InChI=1S/C14H19NO/c16-14(9-5-10-14)12-15-11-4-8-13-6-2-1-3-7-13/h1-4,6-8,15-16H,5,9-12H2/b8-4+. The van der Waals surface area contributed by atoms with E-state index in [9.17, 15) is 5.11 Å². The predicted molar refractivity (Wildman–Crippen MR) is 67.1 cm³/mol. The second-order valence-corrected chi connectivity index (χ2v) is 4.52. The Bertz CT molecular complexity index is 341. The highest BCUT2D eigenvalue weighted by molar-refractivity contribution is 5.48. The number of aliphatic hydroxyl groups is 1. The molecule has 0 heterocycles. The van der Waals surface area contributed by atoms with Gasteiger partial charge in [-0.15, -0.1) is 0 Å². The van der Waals surface area contributed by atoms with E-state index in [1.807, 2.05) is 18.2 Å². The van der Waals surface area contributed by atoms with Crippen molar-refractivity contribution in [1.82, 2.24) is 5.32 Å². The Hall–Kier alpha value is -1.12. The van der Waals surface area contributed by atoms with Crippen LogP contribution < -0.4 is 5.32 Å². The quantitative estimate of drug-likeness (QED) is 0.741. The van der Waals surface area contributed by atoms with E-state index in [1.165, 1.54) is 5.56 Å². The summed E-state index contributed by atoms with van der Waals surface area (Å²) in [6.45, 7) is 1.53. The van der Waals surface area contributed by atoms with E-state index in [0.717, 1.165) is 25.8 Å². The van der Waals surface area contributed by atoms with E-state index in [0.29, 0.717) is 6.54 Å². The summed E-state index contributed by atoms with van der Waals surface area (Å²) in [5, 5.41) is 13.1. The maximum Gasteiger partial charge on any atom is 0.0771 e. The minimum atomic E-state index is -0.416. The van der Waals surface area contributed by atoms with E-state index < -0.39 is 5.60 Å². The Morgan fingerprint density at radius 2 is 2.00 bits per heavy atom. The molecule has 0 saturated heterocycles. The average molecular weight is 217 g/mol. The summed E-state index contributed by atoms with van der Waals surface area (Å²) < 4.78 is 0. The first-order valence-electron chi connectivity index (χ1n) is 5.93. The van der Waals surface area contributed by atoms with Gasteiger partial charge in [-0.05, 0) is 24.8 Å². The highest BCUT2D eigenvalue weighted by atomic mass is 16.3. The van der Waals surface area contributed by atoms with Crippen molar-refractivity contribution in [1.29, 1.82) is 0 Å². The molecule has 16 heavy (non-hydrogen) atoms. The third-order valence-corrected chi connectivity index (χ3v) is 3.11. The van der Waals surface area contributed by atoms with Crippen molar-refractivity contribution in [2.24, 2.45) is 0 Å². The molecule has 0 aliphatic heterocycles. The third-order valence-electron chi connectivity index (χ3n) is 3.11. The van der Waals surface area contributed by atoms with Gasteiger partial charge in [0.15, 0.2) is 0 Å². The van der Waals surface area contributed by atoms with Crippen LogP contribution in [0, 0.1) is 0 Å². The second kappa shape index (κ2) is 5.28. The van der Waals surface area contributed by atoms with Crippen LogP contribution in [0.15, 0.2) is 36.4 Å². The Morgan fingerprint density at radius 3 is 2.62 bits per heavy atom. The van der Waals surface area contributed by atoms with E-state index >= 15 is 0 Å². The lowest BCUT2D eigenvalue weighted by Crippen LogP contribution is -2.46. The molecule has 0 spiro atoms.